The number of hydrogen-bond donors (Lipinski definition) is 1. The Hall–Kier alpha value is -3.14. The maximum absolute atomic E-state index is 8.75. The zero-order valence-electron chi connectivity index (χ0n) is 11.4. The Morgan fingerprint density at radius 2 is 2.10 bits per heavy atom. The van der Waals surface area contributed by atoms with Crippen molar-refractivity contribution < 1.29 is 9.57 Å². The molecule has 0 aliphatic rings. The van der Waals surface area contributed by atoms with E-state index in [2.05, 4.69) is 26.0 Å². The molecule has 2 N–H and O–H groups in total. The predicted octanol–water partition coefficient (Wildman–Crippen LogP) is 1.49. The molecule has 1 aromatic heterocycles. The van der Waals surface area contributed by atoms with Gasteiger partial charge in [0.2, 0.25) is 5.88 Å². The molecular formula is C14H13N5O2. The Labute approximate surface area is 121 Å². The van der Waals surface area contributed by atoms with E-state index < -0.39 is 0 Å². The fourth-order valence-corrected chi connectivity index (χ4v) is 1.56. The van der Waals surface area contributed by atoms with Crippen LogP contribution in [-0.2, 0) is 11.4 Å². The van der Waals surface area contributed by atoms with Gasteiger partial charge in [0.05, 0.1) is 17.8 Å². The lowest BCUT2D eigenvalue weighted by Gasteiger charge is -2.08. The number of nitrogens with zero attached hydrogens (tertiary/aromatic N) is 4. The molecule has 0 spiro atoms. The number of benzene rings is 1. The number of anilines is 1. The van der Waals surface area contributed by atoms with E-state index in [-0.39, 0.29) is 12.4 Å². The SMILES string of the molecule is CO/N=C/c1c(N)ncnc1OCc1ccc(C#N)cc1. The van der Waals surface area contributed by atoms with E-state index >= 15 is 0 Å². The van der Waals surface area contributed by atoms with Gasteiger partial charge in [-0.25, -0.2) is 9.97 Å². The molecule has 0 aliphatic carbocycles. The smallest absolute Gasteiger partial charge is 0.228 e. The van der Waals surface area contributed by atoms with Gasteiger partial charge in [0.15, 0.2) is 0 Å². The molecule has 0 aliphatic heterocycles. The number of hydrogen-bond acceptors (Lipinski definition) is 7. The van der Waals surface area contributed by atoms with Gasteiger partial charge >= 0.3 is 0 Å². The third kappa shape index (κ3) is 3.67. The second kappa shape index (κ2) is 6.86. The van der Waals surface area contributed by atoms with E-state index in [1.165, 1.54) is 19.7 Å². The minimum atomic E-state index is 0.251. The van der Waals surface area contributed by atoms with Crippen molar-refractivity contribution in [2.75, 3.05) is 12.8 Å². The Bertz CT molecular complexity index is 677. The second-order valence-electron chi connectivity index (χ2n) is 3.99. The maximum atomic E-state index is 8.75. The third-order valence-electron chi connectivity index (χ3n) is 2.62. The highest BCUT2D eigenvalue weighted by molar-refractivity contribution is 5.87. The summed E-state index contributed by atoms with van der Waals surface area (Å²) in [7, 11) is 1.42. The molecule has 0 bridgehead atoms. The summed E-state index contributed by atoms with van der Waals surface area (Å²) < 4.78 is 5.61. The van der Waals surface area contributed by atoms with Crippen molar-refractivity contribution in [3.63, 3.8) is 0 Å². The highest BCUT2D eigenvalue weighted by Gasteiger charge is 2.09. The highest BCUT2D eigenvalue weighted by Crippen LogP contribution is 2.18. The monoisotopic (exact) mass is 283 g/mol. The molecule has 7 nitrogen and oxygen atoms in total. The summed E-state index contributed by atoms with van der Waals surface area (Å²) in [6, 6.07) is 9.13. The lowest BCUT2D eigenvalue weighted by molar-refractivity contribution is 0.215. The normalized spacial score (nSPS) is 10.3. The topological polar surface area (TPSA) is 106 Å². The molecule has 0 amide bonds. The van der Waals surface area contributed by atoms with Crippen LogP contribution in [0.4, 0.5) is 5.82 Å². The quantitative estimate of drug-likeness (QED) is 0.658. The van der Waals surface area contributed by atoms with Crippen LogP contribution in [0.2, 0.25) is 0 Å². The van der Waals surface area contributed by atoms with E-state index in [0.717, 1.165) is 5.56 Å². The third-order valence-corrected chi connectivity index (χ3v) is 2.62. The molecular weight excluding hydrogens is 270 g/mol. The van der Waals surface area contributed by atoms with Crippen LogP contribution >= 0.6 is 0 Å². The van der Waals surface area contributed by atoms with Crippen LogP contribution in [0.25, 0.3) is 0 Å². The Morgan fingerprint density at radius 1 is 1.33 bits per heavy atom. The average Bonchev–Trinajstić information content (AvgIpc) is 2.52. The second-order valence-corrected chi connectivity index (χ2v) is 3.99. The number of nitriles is 1. The van der Waals surface area contributed by atoms with Gasteiger partial charge in [-0.05, 0) is 17.7 Å². The number of rotatable bonds is 5. The Balaban J connectivity index is 2.14. The molecule has 21 heavy (non-hydrogen) atoms. The molecule has 0 saturated carbocycles. The fourth-order valence-electron chi connectivity index (χ4n) is 1.56. The van der Waals surface area contributed by atoms with Gasteiger partial charge in [-0.3, -0.25) is 0 Å². The van der Waals surface area contributed by atoms with Gasteiger partial charge in [0.1, 0.15) is 31.4 Å². The zero-order chi connectivity index (χ0) is 15.1. The van der Waals surface area contributed by atoms with Gasteiger partial charge in [-0.2, -0.15) is 5.26 Å². The summed E-state index contributed by atoms with van der Waals surface area (Å²) in [4.78, 5) is 12.5. The van der Waals surface area contributed by atoms with Crippen molar-refractivity contribution in [3.8, 4) is 11.9 Å². The van der Waals surface area contributed by atoms with Crippen molar-refractivity contribution in [1.82, 2.24) is 9.97 Å². The molecule has 2 rings (SSSR count). The van der Waals surface area contributed by atoms with Crippen LogP contribution in [0.15, 0.2) is 35.7 Å². The minimum Gasteiger partial charge on any atom is -0.472 e. The maximum Gasteiger partial charge on any atom is 0.228 e. The van der Waals surface area contributed by atoms with Gasteiger partial charge < -0.3 is 15.3 Å². The summed E-state index contributed by atoms with van der Waals surface area (Å²) in [6.45, 7) is 0.288. The van der Waals surface area contributed by atoms with Crippen molar-refractivity contribution in [1.29, 1.82) is 5.26 Å². The first kappa shape index (κ1) is 14.3. The van der Waals surface area contributed by atoms with Crippen molar-refractivity contribution >= 4 is 12.0 Å². The van der Waals surface area contributed by atoms with Crippen LogP contribution < -0.4 is 10.5 Å². The standard InChI is InChI=1S/C14H13N5O2/c1-20-19-7-12-13(16)17-9-18-14(12)21-8-11-4-2-10(6-15)3-5-11/h2-5,7,9H,8H2,1H3,(H2,16,17,18)/b19-7+. The molecule has 106 valence electrons. The summed E-state index contributed by atoms with van der Waals surface area (Å²) >= 11 is 0. The van der Waals surface area contributed by atoms with Crippen LogP contribution in [0.3, 0.4) is 0 Å². The fraction of sp³-hybridized carbons (Fsp3) is 0.143. The lowest BCUT2D eigenvalue weighted by atomic mass is 10.2. The molecule has 1 aromatic carbocycles. The van der Waals surface area contributed by atoms with E-state index in [1.54, 1.807) is 12.1 Å². The van der Waals surface area contributed by atoms with Gasteiger partial charge in [0.25, 0.3) is 0 Å². The van der Waals surface area contributed by atoms with E-state index in [1.807, 2.05) is 12.1 Å². The molecule has 0 radical (unpaired) electrons. The van der Waals surface area contributed by atoms with Crippen molar-refractivity contribution in [3.05, 3.63) is 47.3 Å². The van der Waals surface area contributed by atoms with Crippen LogP contribution in [0.5, 0.6) is 5.88 Å². The summed E-state index contributed by atoms with van der Waals surface area (Å²) in [5.74, 6) is 0.563. The van der Waals surface area contributed by atoms with Gasteiger partial charge in [-0.15, -0.1) is 0 Å². The zero-order valence-corrected chi connectivity index (χ0v) is 11.4. The van der Waals surface area contributed by atoms with Crippen LogP contribution in [0, 0.1) is 11.3 Å². The minimum absolute atomic E-state index is 0.251. The van der Waals surface area contributed by atoms with Crippen molar-refractivity contribution in [2.24, 2.45) is 5.16 Å². The van der Waals surface area contributed by atoms with Gasteiger partial charge in [0, 0.05) is 0 Å². The average molecular weight is 283 g/mol. The number of nitrogen functional groups attached to an aromatic ring is 1. The summed E-state index contributed by atoms with van der Waals surface area (Å²) in [5.41, 5.74) is 7.71. The Kier molecular flexibility index (Phi) is 4.66. The first-order valence-corrected chi connectivity index (χ1v) is 6.03. The number of aromatic nitrogens is 2. The molecule has 0 saturated heterocycles. The molecule has 2 aromatic rings. The summed E-state index contributed by atoms with van der Waals surface area (Å²) in [5, 5.41) is 12.4. The summed E-state index contributed by atoms with van der Waals surface area (Å²) in [6.07, 6.45) is 2.71. The molecule has 0 fully saturated rings. The van der Waals surface area contributed by atoms with E-state index in [9.17, 15) is 0 Å². The predicted molar refractivity (Wildman–Crippen MR) is 76.5 cm³/mol. The first-order chi connectivity index (χ1) is 10.2. The largest absolute Gasteiger partial charge is 0.472 e. The van der Waals surface area contributed by atoms with E-state index in [4.69, 9.17) is 15.7 Å². The number of nitrogens with two attached hydrogens (primary N) is 1. The molecule has 0 unspecified atom stereocenters. The lowest BCUT2D eigenvalue weighted by Crippen LogP contribution is -2.05. The van der Waals surface area contributed by atoms with E-state index in [0.29, 0.717) is 17.0 Å². The van der Waals surface area contributed by atoms with Crippen LogP contribution in [-0.4, -0.2) is 23.3 Å². The van der Waals surface area contributed by atoms with Crippen LogP contribution in [0.1, 0.15) is 16.7 Å². The van der Waals surface area contributed by atoms with Gasteiger partial charge in [-0.1, -0.05) is 17.3 Å². The molecule has 0 atom stereocenters. The molecule has 1 heterocycles. The first-order valence-electron chi connectivity index (χ1n) is 6.03. The van der Waals surface area contributed by atoms with Crippen molar-refractivity contribution in [2.45, 2.75) is 6.61 Å². The number of ether oxygens (including phenoxy) is 1. The Morgan fingerprint density at radius 3 is 2.76 bits per heavy atom. The highest BCUT2D eigenvalue weighted by atomic mass is 16.6. The number of oxime groups is 1. The molecule has 7 heteroatoms.